The van der Waals surface area contributed by atoms with Crippen LogP contribution in [0.3, 0.4) is 0 Å². The summed E-state index contributed by atoms with van der Waals surface area (Å²) >= 11 is 0. The molecule has 2 aliphatic rings. The van der Waals surface area contributed by atoms with E-state index in [2.05, 4.69) is 5.32 Å². The molecule has 2 aromatic rings. The first kappa shape index (κ1) is 19.9. The van der Waals surface area contributed by atoms with Crippen LogP contribution in [0.25, 0.3) is 5.57 Å². The van der Waals surface area contributed by atoms with Crippen LogP contribution in [0.1, 0.15) is 35.3 Å². The molecule has 0 spiro atoms. The summed E-state index contributed by atoms with van der Waals surface area (Å²) in [4.78, 5) is 11.1. The van der Waals surface area contributed by atoms with E-state index in [4.69, 9.17) is 0 Å². The molecule has 1 unspecified atom stereocenters. The number of rotatable bonds is 4. The van der Waals surface area contributed by atoms with E-state index in [1.54, 1.807) is 31.2 Å². The quantitative estimate of drug-likeness (QED) is 0.829. The van der Waals surface area contributed by atoms with Crippen LogP contribution >= 0.6 is 0 Å². The molecule has 4 rings (SSSR count). The third-order valence-corrected chi connectivity index (χ3v) is 8.43. The smallest absolute Gasteiger partial charge is 0.163 e. The lowest BCUT2D eigenvalue weighted by molar-refractivity contribution is -0.114. The van der Waals surface area contributed by atoms with E-state index in [0.717, 1.165) is 12.1 Å². The number of ketones is 1. The van der Waals surface area contributed by atoms with E-state index in [0.29, 0.717) is 11.1 Å². The third kappa shape index (κ3) is 3.65. The van der Waals surface area contributed by atoms with Crippen LogP contribution < -0.4 is 5.32 Å². The van der Waals surface area contributed by atoms with Crippen LogP contribution in [0, 0.1) is 11.6 Å². The number of sulfone groups is 1. The fraction of sp³-hybridized carbons (Fsp3) is 0.318. The average molecular weight is 417 g/mol. The summed E-state index contributed by atoms with van der Waals surface area (Å²) in [6.45, 7) is 2.03. The standard InChI is InChI=1S/C22H21F2NO3S/c1-13-21(29(27,28)22(12-25-13)14-5-3-2-4-6-14)10-16-9-20(24)18(11-19(16)23)15-7-17(26)8-15/h2-7,9,11,13,21-22,25H,8,10,12H2,1H3/t13-,21?,22-/m0/s1. The minimum atomic E-state index is -3.63. The van der Waals surface area contributed by atoms with Gasteiger partial charge >= 0.3 is 0 Å². The van der Waals surface area contributed by atoms with Crippen molar-refractivity contribution in [1.82, 2.24) is 5.32 Å². The fourth-order valence-electron chi connectivity index (χ4n) is 4.04. The number of halogens is 2. The molecular formula is C22H21F2NO3S. The molecule has 1 heterocycles. The zero-order valence-corrected chi connectivity index (χ0v) is 16.7. The average Bonchev–Trinajstić information content (AvgIpc) is 2.65. The van der Waals surface area contributed by atoms with Crippen molar-refractivity contribution in [1.29, 1.82) is 0 Å². The lowest BCUT2D eigenvalue weighted by Crippen LogP contribution is -2.53. The Labute approximate surface area is 168 Å². The SMILES string of the molecule is C[C@@H]1NC[C@@H](c2ccccc2)S(=O)(=O)C1Cc1cc(F)c(C2=CC(=O)C2)cc1F. The van der Waals surface area contributed by atoms with Gasteiger partial charge in [-0.15, -0.1) is 0 Å². The third-order valence-electron chi connectivity index (χ3n) is 5.78. The van der Waals surface area contributed by atoms with Crippen LogP contribution in [0.2, 0.25) is 0 Å². The molecule has 0 saturated carbocycles. The molecule has 1 aliphatic heterocycles. The van der Waals surface area contributed by atoms with Crippen molar-refractivity contribution < 1.29 is 22.0 Å². The van der Waals surface area contributed by atoms with Crippen molar-refractivity contribution in [2.45, 2.75) is 36.3 Å². The van der Waals surface area contributed by atoms with Gasteiger partial charge < -0.3 is 5.32 Å². The molecule has 4 nitrogen and oxygen atoms in total. The molecular weight excluding hydrogens is 396 g/mol. The highest BCUT2D eigenvalue weighted by molar-refractivity contribution is 7.92. The highest BCUT2D eigenvalue weighted by Crippen LogP contribution is 2.34. The molecule has 0 bridgehead atoms. The highest BCUT2D eigenvalue weighted by atomic mass is 32.2. The summed E-state index contributed by atoms with van der Waals surface area (Å²) in [6.07, 6.45) is 1.26. The van der Waals surface area contributed by atoms with Gasteiger partial charge in [-0.1, -0.05) is 30.3 Å². The van der Waals surface area contributed by atoms with Gasteiger partial charge in [-0.3, -0.25) is 4.79 Å². The van der Waals surface area contributed by atoms with E-state index in [-0.39, 0.29) is 36.3 Å². The van der Waals surface area contributed by atoms with E-state index in [1.165, 1.54) is 6.08 Å². The van der Waals surface area contributed by atoms with Crippen LogP contribution in [-0.2, 0) is 21.1 Å². The number of allylic oxidation sites excluding steroid dienone is 2. The number of carbonyl (C=O) groups is 1. The van der Waals surface area contributed by atoms with Gasteiger partial charge in [-0.05, 0) is 48.3 Å². The molecule has 1 N–H and O–H groups in total. The van der Waals surface area contributed by atoms with Crippen LogP contribution in [0.5, 0.6) is 0 Å². The van der Waals surface area contributed by atoms with Crippen molar-refractivity contribution in [3.05, 3.63) is 76.9 Å². The lowest BCUT2D eigenvalue weighted by Gasteiger charge is -2.35. The predicted octanol–water partition coefficient (Wildman–Crippen LogP) is 3.38. The van der Waals surface area contributed by atoms with Gasteiger partial charge in [0.15, 0.2) is 15.6 Å². The van der Waals surface area contributed by atoms with E-state index < -0.39 is 38.0 Å². The van der Waals surface area contributed by atoms with Crippen molar-refractivity contribution >= 4 is 21.2 Å². The Balaban J connectivity index is 1.65. The molecule has 152 valence electrons. The monoisotopic (exact) mass is 417 g/mol. The maximum atomic E-state index is 14.7. The highest BCUT2D eigenvalue weighted by Gasteiger charge is 2.42. The van der Waals surface area contributed by atoms with Crippen molar-refractivity contribution in [3.63, 3.8) is 0 Å². The van der Waals surface area contributed by atoms with E-state index in [9.17, 15) is 22.0 Å². The number of nitrogens with one attached hydrogen (secondary N) is 1. The molecule has 1 aliphatic carbocycles. The van der Waals surface area contributed by atoms with Crippen molar-refractivity contribution in [3.8, 4) is 0 Å². The van der Waals surface area contributed by atoms with Gasteiger partial charge in [0.2, 0.25) is 0 Å². The number of carbonyl (C=O) groups excluding carboxylic acids is 1. The van der Waals surface area contributed by atoms with Gasteiger partial charge in [0.25, 0.3) is 0 Å². The summed E-state index contributed by atoms with van der Waals surface area (Å²) in [6, 6.07) is 10.6. The summed E-state index contributed by atoms with van der Waals surface area (Å²) in [5.74, 6) is -1.43. The number of hydrogen-bond acceptors (Lipinski definition) is 4. The first-order chi connectivity index (χ1) is 13.8. The molecule has 3 atom stereocenters. The Morgan fingerprint density at radius 2 is 1.79 bits per heavy atom. The van der Waals surface area contributed by atoms with Gasteiger partial charge in [0.05, 0.1) is 10.5 Å². The van der Waals surface area contributed by atoms with E-state index in [1.807, 2.05) is 6.07 Å². The molecule has 29 heavy (non-hydrogen) atoms. The predicted molar refractivity (Wildman–Crippen MR) is 107 cm³/mol. The zero-order chi connectivity index (χ0) is 20.8. The van der Waals surface area contributed by atoms with Gasteiger partial charge in [-0.25, -0.2) is 17.2 Å². The zero-order valence-electron chi connectivity index (χ0n) is 15.9. The second-order valence-corrected chi connectivity index (χ2v) is 10.0. The molecule has 2 aromatic carbocycles. The molecule has 1 fully saturated rings. The van der Waals surface area contributed by atoms with Crippen LogP contribution in [0.15, 0.2) is 48.5 Å². The van der Waals surface area contributed by atoms with E-state index >= 15 is 0 Å². The Morgan fingerprint density at radius 3 is 2.45 bits per heavy atom. The van der Waals surface area contributed by atoms with Crippen LogP contribution in [0.4, 0.5) is 8.78 Å². The van der Waals surface area contributed by atoms with Crippen molar-refractivity contribution in [2.24, 2.45) is 0 Å². The normalized spacial score (nSPS) is 26.0. The Hall–Kier alpha value is -2.38. The lowest BCUT2D eigenvalue weighted by atomic mass is 9.89. The molecule has 0 amide bonds. The Morgan fingerprint density at radius 1 is 1.10 bits per heavy atom. The number of benzene rings is 2. The summed E-state index contributed by atoms with van der Waals surface area (Å²) in [5, 5.41) is 1.58. The molecule has 7 heteroatoms. The Kier molecular flexibility index (Phi) is 5.12. The molecule has 0 aromatic heterocycles. The minimum absolute atomic E-state index is 0.0217. The maximum Gasteiger partial charge on any atom is 0.163 e. The van der Waals surface area contributed by atoms with Gasteiger partial charge in [0, 0.05) is 24.6 Å². The second-order valence-electron chi connectivity index (χ2n) is 7.66. The topological polar surface area (TPSA) is 63.2 Å². The fourth-order valence-corrected chi connectivity index (χ4v) is 6.40. The number of hydrogen-bond donors (Lipinski definition) is 1. The largest absolute Gasteiger partial charge is 0.311 e. The molecule has 0 radical (unpaired) electrons. The first-order valence-electron chi connectivity index (χ1n) is 9.50. The summed E-state index contributed by atoms with van der Waals surface area (Å²) in [7, 11) is -3.63. The summed E-state index contributed by atoms with van der Waals surface area (Å²) < 4.78 is 55.8. The summed E-state index contributed by atoms with van der Waals surface area (Å²) in [5.41, 5.74) is 1.22. The first-order valence-corrected chi connectivity index (χ1v) is 11.1. The maximum absolute atomic E-state index is 14.7. The molecule has 1 saturated heterocycles. The minimum Gasteiger partial charge on any atom is -0.311 e. The van der Waals surface area contributed by atoms with Crippen molar-refractivity contribution in [2.75, 3.05) is 6.54 Å². The Bertz CT molecular complexity index is 1100. The van der Waals surface area contributed by atoms with Gasteiger partial charge in [-0.2, -0.15) is 0 Å². The van der Waals surface area contributed by atoms with Gasteiger partial charge in [0.1, 0.15) is 11.6 Å². The second kappa shape index (κ2) is 7.46. The van der Waals surface area contributed by atoms with Crippen LogP contribution in [-0.4, -0.2) is 32.0 Å².